The molecule has 0 aliphatic heterocycles. The third kappa shape index (κ3) is 4.39. The molecule has 2 bridgehead atoms. The molecule has 2 saturated carbocycles. The number of halogens is 4. The van der Waals surface area contributed by atoms with E-state index in [4.69, 9.17) is 5.73 Å². The number of rotatable bonds is 4. The Morgan fingerprint density at radius 1 is 1.24 bits per heavy atom. The predicted molar refractivity (Wildman–Crippen MR) is 89.1 cm³/mol. The first-order valence-corrected chi connectivity index (χ1v) is 8.10. The van der Waals surface area contributed by atoms with Gasteiger partial charge in [0.05, 0.1) is 5.92 Å². The maximum Gasteiger partial charge on any atom is 0.573 e. The summed E-state index contributed by atoms with van der Waals surface area (Å²) >= 11 is 0. The molecule has 4 atom stereocenters. The lowest BCUT2D eigenvalue weighted by molar-refractivity contribution is -0.274. The number of nitrogens with two attached hydrogens (primary N) is 1. The maximum absolute atomic E-state index is 12.7. The van der Waals surface area contributed by atoms with Gasteiger partial charge in [-0.2, -0.15) is 0 Å². The number of hydrogen-bond donors (Lipinski definition) is 1. The molecule has 3 rings (SSSR count). The van der Waals surface area contributed by atoms with Gasteiger partial charge in [0.25, 0.3) is 0 Å². The van der Waals surface area contributed by atoms with Crippen molar-refractivity contribution in [3.8, 4) is 5.75 Å². The van der Waals surface area contributed by atoms with Crippen molar-refractivity contribution in [1.29, 1.82) is 0 Å². The second-order valence-electron chi connectivity index (χ2n) is 6.82. The van der Waals surface area contributed by atoms with Crippen molar-refractivity contribution in [2.24, 2.45) is 23.5 Å². The normalized spacial score (nSPS) is 27.7. The van der Waals surface area contributed by atoms with Crippen molar-refractivity contribution in [3.63, 3.8) is 0 Å². The van der Waals surface area contributed by atoms with Gasteiger partial charge in [-0.25, -0.2) is 0 Å². The predicted octanol–water partition coefficient (Wildman–Crippen LogP) is 3.34. The van der Waals surface area contributed by atoms with E-state index in [0.717, 1.165) is 24.8 Å². The van der Waals surface area contributed by atoms with Crippen LogP contribution in [0.2, 0.25) is 0 Å². The van der Waals surface area contributed by atoms with Crippen molar-refractivity contribution in [1.82, 2.24) is 4.90 Å². The topological polar surface area (TPSA) is 55.6 Å². The first-order chi connectivity index (χ1) is 11.2. The van der Waals surface area contributed by atoms with Gasteiger partial charge in [-0.1, -0.05) is 12.1 Å². The Balaban J connectivity index is 0.00000225. The van der Waals surface area contributed by atoms with Gasteiger partial charge in [-0.05, 0) is 48.8 Å². The smallest absolute Gasteiger partial charge is 0.406 e. The Labute approximate surface area is 150 Å². The van der Waals surface area contributed by atoms with Gasteiger partial charge in [0.15, 0.2) is 0 Å². The van der Waals surface area contributed by atoms with Crippen LogP contribution in [0.25, 0.3) is 0 Å². The Morgan fingerprint density at radius 2 is 1.84 bits per heavy atom. The largest absolute Gasteiger partial charge is 0.573 e. The minimum absolute atomic E-state index is 0. The first-order valence-electron chi connectivity index (χ1n) is 8.10. The van der Waals surface area contributed by atoms with Crippen LogP contribution in [0.15, 0.2) is 24.3 Å². The highest BCUT2D eigenvalue weighted by atomic mass is 35.5. The summed E-state index contributed by atoms with van der Waals surface area (Å²) in [5.41, 5.74) is 6.95. The molecule has 1 aromatic rings. The summed E-state index contributed by atoms with van der Waals surface area (Å²) in [6.45, 7) is 0.339. The molecule has 140 valence electrons. The molecular formula is C17H22ClF3N2O2. The second kappa shape index (κ2) is 7.41. The molecule has 1 amide bonds. The van der Waals surface area contributed by atoms with Crippen LogP contribution < -0.4 is 10.5 Å². The van der Waals surface area contributed by atoms with Crippen LogP contribution in [-0.2, 0) is 11.3 Å². The van der Waals surface area contributed by atoms with E-state index >= 15 is 0 Å². The SMILES string of the molecule is CN(Cc1ccc(OC(F)(F)F)cc1)C(=O)C1C2CCC(C2)C1N.Cl. The van der Waals surface area contributed by atoms with E-state index in [0.29, 0.717) is 18.4 Å². The molecule has 2 N–H and O–H groups in total. The number of amides is 1. The molecule has 0 aromatic heterocycles. The fraction of sp³-hybridized carbons (Fsp3) is 0.588. The van der Waals surface area contributed by atoms with Crippen LogP contribution in [0.1, 0.15) is 24.8 Å². The number of nitrogens with zero attached hydrogens (tertiary/aromatic N) is 1. The van der Waals surface area contributed by atoms with Crippen LogP contribution in [0.5, 0.6) is 5.75 Å². The molecule has 8 heteroatoms. The van der Waals surface area contributed by atoms with E-state index in [9.17, 15) is 18.0 Å². The fourth-order valence-electron chi connectivity index (χ4n) is 4.11. The average molecular weight is 379 g/mol. The van der Waals surface area contributed by atoms with Crippen LogP contribution in [0, 0.1) is 17.8 Å². The molecule has 0 radical (unpaired) electrons. The standard InChI is InChI=1S/C17H21F3N2O2.ClH/c1-22(16(23)14-11-4-5-12(8-11)15(14)21)9-10-2-6-13(7-3-10)24-17(18,19)20;/h2-3,6-7,11-12,14-15H,4-5,8-9,21H2,1H3;1H. The second-order valence-corrected chi connectivity index (χ2v) is 6.82. The summed E-state index contributed by atoms with van der Waals surface area (Å²) in [7, 11) is 1.71. The third-order valence-electron chi connectivity index (χ3n) is 5.22. The molecular weight excluding hydrogens is 357 g/mol. The summed E-state index contributed by atoms with van der Waals surface area (Å²) in [5.74, 6) is 0.473. The van der Waals surface area contributed by atoms with Gasteiger partial charge in [-0.3, -0.25) is 4.79 Å². The van der Waals surface area contributed by atoms with Crippen LogP contribution in [0.3, 0.4) is 0 Å². The molecule has 2 aliphatic carbocycles. The summed E-state index contributed by atoms with van der Waals surface area (Å²) in [6.07, 6.45) is -1.49. The van der Waals surface area contributed by atoms with Gasteiger partial charge in [0.1, 0.15) is 5.75 Å². The van der Waals surface area contributed by atoms with Gasteiger partial charge in [0, 0.05) is 19.6 Å². The molecule has 0 heterocycles. The number of benzene rings is 1. The van der Waals surface area contributed by atoms with E-state index in [2.05, 4.69) is 4.74 Å². The van der Waals surface area contributed by atoms with Gasteiger partial charge in [0.2, 0.25) is 5.91 Å². The quantitative estimate of drug-likeness (QED) is 0.874. The minimum Gasteiger partial charge on any atom is -0.406 e. The van der Waals surface area contributed by atoms with E-state index in [-0.39, 0.29) is 36.0 Å². The molecule has 1 aromatic carbocycles. The summed E-state index contributed by atoms with van der Waals surface area (Å²) < 4.78 is 40.3. The van der Waals surface area contributed by atoms with Crippen molar-refractivity contribution in [2.45, 2.75) is 38.2 Å². The summed E-state index contributed by atoms with van der Waals surface area (Å²) in [6, 6.07) is 5.51. The molecule has 0 spiro atoms. The monoisotopic (exact) mass is 378 g/mol. The first kappa shape index (κ1) is 19.8. The van der Waals surface area contributed by atoms with Gasteiger partial charge >= 0.3 is 6.36 Å². The van der Waals surface area contributed by atoms with Crippen LogP contribution in [-0.4, -0.2) is 30.3 Å². The van der Waals surface area contributed by atoms with Gasteiger partial charge in [-0.15, -0.1) is 25.6 Å². The molecule has 4 unspecified atom stereocenters. The third-order valence-corrected chi connectivity index (χ3v) is 5.22. The zero-order valence-electron chi connectivity index (χ0n) is 13.8. The molecule has 0 saturated heterocycles. The number of carbonyl (C=O) groups is 1. The Bertz CT molecular complexity index is 607. The lowest BCUT2D eigenvalue weighted by Crippen LogP contribution is -2.45. The lowest BCUT2D eigenvalue weighted by atomic mass is 9.84. The van der Waals surface area contributed by atoms with Crippen LogP contribution in [0.4, 0.5) is 13.2 Å². The number of alkyl halides is 3. The van der Waals surface area contributed by atoms with E-state index in [1.54, 1.807) is 11.9 Å². The molecule has 2 aliphatic rings. The highest BCUT2D eigenvalue weighted by Gasteiger charge is 2.49. The summed E-state index contributed by atoms with van der Waals surface area (Å²) in [4.78, 5) is 14.3. The molecule has 2 fully saturated rings. The van der Waals surface area contributed by atoms with Crippen molar-refractivity contribution < 1.29 is 22.7 Å². The highest BCUT2D eigenvalue weighted by molar-refractivity contribution is 5.85. The lowest BCUT2D eigenvalue weighted by Gasteiger charge is -2.30. The Hall–Kier alpha value is -1.47. The van der Waals surface area contributed by atoms with E-state index in [1.807, 2.05) is 0 Å². The maximum atomic E-state index is 12.7. The Kier molecular flexibility index (Phi) is 5.89. The zero-order valence-corrected chi connectivity index (χ0v) is 14.6. The average Bonchev–Trinajstić information content (AvgIpc) is 3.08. The van der Waals surface area contributed by atoms with Gasteiger partial charge < -0.3 is 15.4 Å². The number of fused-ring (bicyclic) bond motifs is 2. The molecule has 25 heavy (non-hydrogen) atoms. The highest BCUT2D eigenvalue weighted by Crippen LogP contribution is 2.48. The van der Waals surface area contributed by atoms with E-state index in [1.165, 1.54) is 24.3 Å². The zero-order chi connectivity index (χ0) is 17.5. The van der Waals surface area contributed by atoms with Crippen LogP contribution >= 0.6 is 12.4 Å². The fourth-order valence-corrected chi connectivity index (χ4v) is 4.11. The number of hydrogen-bond acceptors (Lipinski definition) is 3. The summed E-state index contributed by atoms with van der Waals surface area (Å²) in [5, 5.41) is 0. The van der Waals surface area contributed by atoms with Crippen molar-refractivity contribution in [3.05, 3.63) is 29.8 Å². The van der Waals surface area contributed by atoms with E-state index < -0.39 is 6.36 Å². The van der Waals surface area contributed by atoms with Crippen molar-refractivity contribution >= 4 is 18.3 Å². The molecule has 4 nitrogen and oxygen atoms in total. The number of ether oxygens (including phenoxy) is 1. The van der Waals surface area contributed by atoms with Crippen molar-refractivity contribution in [2.75, 3.05) is 7.05 Å². The Morgan fingerprint density at radius 3 is 2.36 bits per heavy atom. The number of carbonyl (C=O) groups excluding carboxylic acids is 1. The minimum atomic E-state index is -4.70.